The van der Waals surface area contributed by atoms with Crippen molar-refractivity contribution in [1.29, 1.82) is 0 Å². The molecule has 0 aliphatic carbocycles. The van der Waals surface area contributed by atoms with E-state index in [4.69, 9.17) is 0 Å². The number of hydrogen-bond acceptors (Lipinski definition) is 4. The third kappa shape index (κ3) is 3.91. The van der Waals surface area contributed by atoms with Gasteiger partial charge >= 0.3 is 0 Å². The summed E-state index contributed by atoms with van der Waals surface area (Å²) in [5.41, 5.74) is 3.58. The Morgan fingerprint density at radius 1 is 0.963 bits per heavy atom. The Bertz CT molecular complexity index is 1080. The molecule has 0 spiro atoms. The van der Waals surface area contributed by atoms with Crippen LogP contribution in [0.5, 0.6) is 0 Å². The number of aromatic nitrogens is 2. The average molecular weight is 375 g/mol. The van der Waals surface area contributed by atoms with Gasteiger partial charge < -0.3 is 5.32 Å². The molecule has 4 aromatic rings. The number of benzene rings is 2. The molecule has 0 atom stereocenters. The first kappa shape index (κ1) is 17.1. The molecule has 1 N–H and O–H groups in total. The summed E-state index contributed by atoms with van der Waals surface area (Å²) in [4.78, 5) is 21.3. The summed E-state index contributed by atoms with van der Waals surface area (Å²) >= 11 is 1.52. The first-order valence-electron chi connectivity index (χ1n) is 8.23. The number of carbonyl (C=O) groups excluding carboxylic acids is 1. The third-order valence-corrected chi connectivity index (χ3v) is 4.78. The van der Waals surface area contributed by atoms with Crippen LogP contribution in [0, 0.1) is 5.82 Å². The maximum Gasteiger partial charge on any atom is 0.255 e. The van der Waals surface area contributed by atoms with E-state index in [-0.39, 0.29) is 11.7 Å². The van der Waals surface area contributed by atoms with Gasteiger partial charge in [0.15, 0.2) is 0 Å². The van der Waals surface area contributed by atoms with Crippen LogP contribution in [0.2, 0.25) is 0 Å². The minimum atomic E-state index is -0.374. The van der Waals surface area contributed by atoms with Crippen LogP contribution in [0.1, 0.15) is 10.4 Å². The fourth-order valence-corrected chi connectivity index (χ4v) is 3.38. The van der Waals surface area contributed by atoms with Crippen molar-refractivity contribution >= 4 is 22.9 Å². The molecule has 0 unspecified atom stereocenters. The minimum Gasteiger partial charge on any atom is -0.322 e. The van der Waals surface area contributed by atoms with Crippen LogP contribution in [-0.2, 0) is 0 Å². The number of carbonyl (C=O) groups is 1. The van der Waals surface area contributed by atoms with Gasteiger partial charge in [0.25, 0.3) is 5.91 Å². The molecule has 0 aliphatic rings. The first-order valence-corrected chi connectivity index (χ1v) is 9.11. The van der Waals surface area contributed by atoms with E-state index in [1.807, 2.05) is 41.8 Å². The molecule has 0 saturated carbocycles. The number of pyridine rings is 1. The van der Waals surface area contributed by atoms with Crippen molar-refractivity contribution in [3.8, 4) is 22.0 Å². The number of nitrogens with zero attached hydrogens (tertiary/aromatic N) is 2. The van der Waals surface area contributed by atoms with Gasteiger partial charge in [-0.05, 0) is 48.5 Å². The zero-order chi connectivity index (χ0) is 18.6. The number of halogens is 1. The van der Waals surface area contributed by atoms with Gasteiger partial charge in [0, 0.05) is 28.4 Å². The van der Waals surface area contributed by atoms with E-state index in [2.05, 4.69) is 15.3 Å². The fourth-order valence-electron chi connectivity index (χ4n) is 2.57. The number of rotatable bonds is 4. The molecule has 6 heteroatoms. The fraction of sp³-hybridized carbons (Fsp3) is 0. The van der Waals surface area contributed by atoms with Gasteiger partial charge in [-0.3, -0.25) is 9.78 Å². The van der Waals surface area contributed by atoms with Crippen LogP contribution >= 0.6 is 11.3 Å². The lowest BCUT2D eigenvalue weighted by Crippen LogP contribution is -2.11. The van der Waals surface area contributed by atoms with Gasteiger partial charge in [-0.15, -0.1) is 11.3 Å². The third-order valence-electron chi connectivity index (χ3n) is 3.91. The normalized spacial score (nSPS) is 10.6. The second-order valence-corrected chi connectivity index (χ2v) is 6.65. The smallest absolute Gasteiger partial charge is 0.255 e. The number of thiazole rings is 1. The van der Waals surface area contributed by atoms with Crippen molar-refractivity contribution in [1.82, 2.24) is 9.97 Å². The molecule has 0 bridgehead atoms. The highest BCUT2D eigenvalue weighted by atomic mass is 32.1. The van der Waals surface area contributed by atoms with Crippen LogP contribution in [0.3, 0.4) is 0 Å². The molecule has 2 heterocycles. The zero-order valence-corrected chi connectivity index (χ0v) is 14.9. The van der Waals surface area contributed by atoms with Gasteiger partial charge in [-0.2, -0.15) is 0 Å². The van der Waals surface area contributed by atoms with E-state index in [0.717, 1.165) is 22.0 Å². The Labute approximate surface area is 159 Å². The standard InChI is InChI=1S/C21H14FN3OS/c22-16-9-7-14(8-10-16)20(26)24-17-5-3-4-15(12-17)19-13-27-21(25-19)18-6-1-2-11-23-18/h1-13H,(H,24,26). The molecule has 4 rings (SSSR count). The topological polar surface area (TPSA) is 54.9 Å². The molecule has 0 radical (unpaired) electrons. The highest BCUT2D eigenvalue weighted by molar-refractivity contribution is 7.13. The summed E-state index contributed by atoms with van der Waals surface area (Å²) in [5, 5.41) is 5.63. The first-order chi connectivity index (χ1) is 13.2. The highest BCUT2D eigenvalue weighted by Crippen LogP contribution is 2.29. The Morgan fingerprint density at radius 3 is 2.59 bits per heavy atom. The highest BCUT2D eigenvalue weighted by Gasteiger charge is 2.10. The van der Waals surface area contributed by atoms with Crippen LogP contribution in [0.25, 0.3) is 22.0 Å². The largest absolute Gasteiger partial charge is 0.322 e. The van der Waals surface area contributed by atoms with Crippen LogP contribution in [-0.4, -0.2) is 15.9 Å². The molecular weight excluding hydrogens is 361 g/mol. The molecule has 0 fully saturated rings. The lowest BCUT2D eigenvalue weighted by Gasteiger charge is -2.07. The van der Waals surface area contributed by atoms with Crippen LogP contribution < -0.4 is 5.32 Å². The molecule has 0 saturated heterocycles. The van der Waals surface area contributed by atoms with Crippen molar-refractivity contribution in [3.63, 3.8) is 0 Å². The Kier molecular flexibility index (Phi) is 4.72. The Morgan fingerprint density at radius 2 is 1.81 bits per heavy atom. The quantitative estimate of drug-likeness (QED) is 0.529. The van der Waals surface area contributed by atoms with Crippen molar-refractivity contribution in [2.45, 2.75) is 0 Å². The molecule has 0 aliphatic heterocycles. The molecule has 2 aromatic carbocycles. The average Bonchev–Trinajstić information content (AvgIpc) is 3.20. The summed E-state index contributed by atoms with van der Waals surface area (Å²) in [6, 6.07) is 18.6. The number of amides is 1. The van der Waals surface area contributed by atoms with Crippen molar-refractivity contribution in [2.75, 3.05) is 5.32 Å². The van der Waals surface area contributed by atoms with Crippen LogP contribution in [0.15, 0.2) is 78.3 Å². The summed E-state index contributed by atoms with van der Waals surface area (Å²) < 4.78 is 13.0. The van der Waals surface area contributed by atoms with Crippen molar-refractivity contribution < 1.29 is 9.18 Å². The summed E-state index contributed by atoms with van der Waals surface area (Å²) in [6.07, 6.45) is 1.74. The van der Waals surface area contributed by atoms with E-state index in [1.54, 1.807) is 12.3 Å². The molecule has 2 aromatic heterocycles. The maximum absolute atomic E-state index is 13.0. The van der Waals surface area contributed by atoms with E-state index < -0.39 is 0 Å². The van der Waals surface area contributed by atoms with Crippen molar-refractivity contribution in [2.24, 2.45) is 0 Å². The van der Waals surface area contributed by atoms with Gasteiger partial charge in [0.1, 0.15) is 10.8 Å². The Balaban J connectivity index is 1.55. The predicted molar refractivity (Wildman–Crippen MR) is 105 cm³/mol. The molecular formula is C21H14FN3OS. The van der Waals surface area contributed by atoms with Gasteiger partial charge in [-0.25, -0.2) is 9.37 Å². The number of nitrogens with one attached hydrogen (secondary N) is 1. The number of hydrogen-bond donors (Lipinski definition) is 1. The predicted octanol–water partition coefficient (Wildman–Crippen LogP) is 5.26. The van der Waals surface area contributed by atoms with E-state index in [0.29, 0.717) is 11.3 Å². The van der Waals surface area contributed by atoms with Gasteiger partial charge in [0.05, 0.1) is 11.4 Å². The summed E-state index contributed by atoms with van der Waals surface area (Å²) in [7, 11) is 0. The molecule has 4 nitrogen and oxygen atoms in total. The second-order valence-electron chi connectivity index (χ2n) is 5.79. The monoisotopic (exact) mass is 375 g/mol. The maximum atomic E-state index is 13.0. The lowest BCUT2D eigenvalue weighted by atomic mass is 10.1. The molecule has 27 heavy (non-hydrogen) atoms. The molecule has 132 valence electrons. The van der Waals surface area contributed by atoms with Crippen molar-refractivity contribution in [3.05, 3.63) is 89.7 Å². The second kappa shape index (κ2) is 7.47. The summed E-state index contributed by atoms with van der Waals surface area (Å²) in [5.74, 6) is -0.666. The van der Waals surface area contributed by atoms with Gasteiger partial charge in [0.2, 0.25) is 0 Å². The summed E-state index contributed by atoms with van der Waals surface area (Å²) in [6.45, 7) is 0. The van der Waals surface area contributed by atoms with Crippen LogP contribution in [0.4, 0.5) is 10.1 Å². The SMILES string of the molecule is O=C(Nc1cccc(-c2csc(-c3ccccn3)n2)c1)c1ccc(F)cc1. The Hall–Kier alpha value is -3.38. The van der Waals surface area contributed by atoms with Gasteiger partial charge in [-0.1, -0.05) is 18.2 Å². The lowest BCUT2D eigenvalue weighted by molar-refractivity contribution is 0.102. The zero-order valence-electron chi connectivity index (χ0n) is 14.1. The van der Waals surface area contributed by atoms with E-state index in [9.17, 15) is 9.18 Å². The number of anilines is 1. The molecule has 1 amide bonds. The van der Waals surface area contributed by atoms with E-state index in [1.165, 1.54) is 35.6 Å². The minimum absolute atomic E-state index is 0.292. The van der Waals surface area contributed by atoms with E-state index >= 15 is 0 Å².